The van der Waals surface area contributed by atoms with E-state index in [4.69, 9.17) is 15.3 Å². The van der Waals surface area contributed by atoms with Gasteiger partial charge in [0.05, 0.1) is 20.3 Å². The Bertz CT molecular complexity index is 483. The minimum absolute atomic E-state index is 0.0702. The third-order valence-corrected chi connectivity index (χ3v) is 5.42. The van der Waals surface area contributed by atoms with E-state index in [-0.39, 0.29) is 16.9 Å². The molecule has 1 aromatic carbocycles. The Morgan fingerprint density at radius 3 is 2.10 bits per heavy atom. The van der Waals surface area contributed by atoms with Crippen LogP contribution >= 0.6 is 0 Å². The van der Waals surface area contributed by atoms with E-state index < -0.39 is 0 Å². The highest BCUT2D eigenvalue weighted by molar-refractivity contribution is 5.44. The predicted octanol–water partition coefficient (Wildman–Crippen LogP) is 2.89. The summed E-state index contributed by atoms with van der Waals surface area (Å²) in [7, 11) is 3.33. The van der Waals surface area contributed by atoms with Crippen molar-refractivity contribution in [1.82, 2.24) is 5.43 Å². The molecule has 3 N–H and O–H groups in total. The first-order valence-corrected chi connectivity index (χ1v) is 6.99. The summed E-state index contributed by atoms with van der Waals surface area (Å²) in [6.45, 7) is 9.16. The molecule has 0 amide bonds. The van der Waals surface area contributed by atoms with Crippen molar-refractivity contribution in [3.63, 3.8) is 0 Å². The number of nitrogens with one attached hydrogen (secondary N) is 1. The third kappa shape index (κ3) is 2.07. The summed E-state index contributed by atoms with van der Waals surface area (Å²) >= 11 is 0. The summed E-state index contributed by atoms with van der Waals surface area (Å²) in [5, 5.41) is 0. The van der Waals surface area contributed by atoms with E-state index in [1.54, 1.807) is 14.2 Å². The maximum Gasteiger partial charge on any atom is 0.127 e. The number of nitrogens with two attached hydrogens (primary N) is 1. The summed E-state index contributed by atoms with van der Waals surface area (Å²) in [4.78, 5) is 0. The van der Waals surface area contributed by atoms with Gasteiger partial charge in [-0.15, -0.1) is 0 Å². The van der Waals surface area contributed by atoms with E-state index in [0.717, 1.165) is 17.1 Å². The highest BCUT2D eigenvalue weighted by atomic mass is 16.5. The van der Waals surface area contributed by atoms with Crippen LogP contribution in [0.2, 0.25) is 0 Å². The number of rotatable bonds is 5. The Morgan fingerprint density at radius 1 is 1.10 bits per heavy atom. The molecule has 0 aliphatic heterocycles. The molecule has 0 bridgehead atoms. The Morgan fingerprint density at radius 2 is 1.70 bits per heavy atom. The van der Waals surface area contributed by atoms with Crippen LogP contribution in [0.3, 0.4) is 0 Å². The van der Waals surface area contributed by atoms with Crippen LogP contribution in [0.1, 0.15) is 39.3 Å². The van der Waals surface area contributed by atoms with E-state index in [9.17, 15) is 0 Å². The average Bonchev–Trinajstić information content (AvgIpc) is 2.82. The first kappa shape index (κ1) is 15.1. The van der Waals surface area contributed by atoms with Gasteiger partial charge in [-0.25, -0.2) is 0 Å². The molecule has 0 radical (unpaired) electrons. The molecular formula is C16H26N2O2. The number of hydrogen-bond donors (Lipinski definition) is 2. The molecule has 1 aliphatic carbocycles. The molecule has 4 nitrogen and oxygen atoms in total. The predicted molar refractivity (Wildman–Crippen MR) is 80.7 cm³/mol. The molecule has 0 spiro atoms. The fourth-order valence-corrected chi connectivity index (χ4v) is 3.52. The minimum atomic E-state index is 0.0702. The molecule has 112 valence electrons. The summed E-state index contributed by atoms with van der Waals surface area (Å²) in [6, 6.07) is 5.96. The molecule has 1 atom stereocenters. The van der Waals surface area contributed by atoms with Crippen LogP contribution in [-0.4, -0.2) is 14.2 Å². The summed E-state index contributed by atoms with van der Waals surface area (Å²) in [6.07, 6.45) is 0. The lowest BCUT2D eigenvalue weighted by Gasteiger charge is -2.21. The second-order valence-electron chi connectivity index (χ2n) is 6.67. The second-order valence-corrected chi connectivity index (χ2v) is 6.67. The van der Waals surface area contributed by atoms with Crippen molar-refractivity contribution < 1.29 is 9.47 Å². The third-order valence-electron chi connectivity index (χ3n) is 5.42. The highest BCUT2D eigenvalue weighted by Crippen LogP contribution is 2.72. The Balaban J connectivity index is 2.39. The van der Waals surface area contributed by atoms with Crippen LogP contribution in [-0.2, 0) is 0 Å². The van der Waals surface area contributed by atoms with Gasteiger partial charge in [-0.1, -0.05) is 33.8 Å². The number of hydrogen-bond acceptors (Lipinski definition) is 4. The molecule has 1 aliphatic rings. The van der Waals surface area contributed by atoms with E-state index in [1.165, 1.54) is 0 Å². The fraction of sp³-hybridized carbons (Fsp3) is 0.625. The topological polar surface area (TPSA) is 56.5 Å². The molecule has 1 fully saturated rings. The van der Waals surface area contributed by atoms with Crippen LogP contribution in [0.25, 0.3) is 0 Å². The van der Waals surface area contributed by atoms with Crippen LogP contribution < -0.4 is 20.7 Å². The maximum absolute atomic E-state index is 5.85. The molecule has 0 aromatic heterocycles. The van der Waals surface area contributed by atoms with Gasteiger partial charge in [0.15, 0.2) is 0 Å². The van der Waals surface area contributed by atoms with Gasteiger partial charge in [0, 0.05) is 11.6 Å². The summed E-state index contributed by atoms with van der Waals surface area (Å²) in [5.74, 6) is 7.90. The molecule has 0 saturated heterocycles. The standard InChI is InChI=1S/C16H26N2O2/c1-15(2)14(16(15,3)4)13(18-17)11-8-7-10(19-5)9-12(11)20-6/h7-9,13-14,18H,17H2,1-6H3. The van der Waals surface area contributed by atoms with Gasteiger partial charge >= 0.3 is 0 Å². The number of methoxy groups -OCH3 is 2. The largest absolute Gasteiger partial charge is 0.497 e. The first-order chi connectivity index (χ1) is 9.31. The average molecular weight is 278 g/mol. The molecule has 20 heavy (non-hydrogen) atoms. The molecular weight excluding hydrogens is 252 g/mol. The molecule has 0 heterocycles. The zero-order chi connectivity index (χ0) is 15.1. The Hall–Kier alpha value is -1.26. The van der Waals surface area contributed by atoms with Crippen LogP contribution in [0.15, 0.2) is 18.2 Å². The lowest BCUT2D eigenvalue weighted by atomic mass is 9.96. The van der Waals surface area contributed by atoms with Crippen LogP contribution in [0.4, 0.5) is 0 Å². The first-order valence-electron chi connectivity index (χ1n) is 6.99. The Kier molecular flexibility index (Phi) is 3.73. The van der Waals surface area contributed by atoms with Gasteiger partial charge in [0.2, 0.25) is 0 Å². The van der Waals surface area contributed by atoms with Crippen molar-refractivity contribution in [2.24, 2.45) is 22.6 Å². The van der Waals surface area contributed by atoms with Gasteiger partial charge in [-0.3, -0.25) is 11.3 Å². The van der Waals surface area contributed by atoms with Crippen molar-refractivity contribution in [1.29, 1.82) is 0 Å². The minimum Gasteiger partial charge on any atom is -0.497 e. The van der Waals surface area contributed by atoms with Crippen molar-refractivity contribution >= 4 is 0 Å². The van der Waals surface area contributed by atoms with Gasteiger partial charge in [0.25, 0.3) is 0 Å². The lowest BCUT2D eigenvalue weighted by molar-refractivity contribution is 0.366. The van der Waals surface area contributed by atoms with E-state index in [0.29, 0.717) is 5.92 Å². The molecule has 4 heteroatoms. The van der Waals surface area contributed by atoms with Gasteiger partial charge in [0.1, 0.15) is 11.5 Å². The lowest BCUT2D eigenvalue weighted by Crippen LogP contribution is -2.31. The molecule has 1 aromatic rings. The number of ether oxygens (including phenoxy) is 2. The van der Waals surface area contributed by atoms with Gasteiger partial charge in [-0.2, -0.15) is 0 Å². The van der Waals surface area contributed by atoms with Crippen molar-refractivity contribution in [2.45, 2.75) is 33.7 Å². The molecule has 1 unspecified atom stereocenters. The number of benzene rings is 1. The number of hydrazine groups is 1. The smallest absolute Gasteiger partial charge is 0.127 e. The zero-order valence-corrected chi connectivity index (χ0v) is 13.3. The highest BCUT2D eigenvalue weighted by Gasteiger charge is 2.67. The van der Waals surface area contributed by atoms with Crippen molar-refractivity contribution in [2.75, 3.05) is 14.2 Å². The second kappa shape index (κ2) is 4.93. The maximum atomic E-state index is 5.85. The fourth-order valence-electron chi connectivity index (χ4n) is 3.52. The van der Waals surface area contributed by atoms with Crippen molar-refractivity contribution in [3.05, 3.63) is 23.8 Å². The van der Waals surface area contributed by atoms with E-state index in [2.05, 4.69) is 33.1 Å². The molecule has 2 rings (SSSR count). The van der Waals surface area contributed by atoms with E-state index >= 15 is 0 Å². The van der Waals surface area contributed by atoms with Crippen LogP contribution in [0, 0.1) is 16.7 Å². The monoisotopic (exact) mass is 278 g/mol. The quantitative estimate of drug-likeness (QED) is 0.642. The normalized spacial score (nSPS) is 21.4. The van der Waals surface area contributed by atoms with Crippen molar-refractivity contribution in [3.8, 4) is 11.5 Å². The molecule has 1 saturated carbocycles. The SMILES string of the molecule is COc1ccc(C(NN)C2C(C)(C)C2(C)C)c(OC)c1. The van der Waals surface area contributed by atoms with Crippen LogP contribution in [0.5, 0.6) is 11.5 Å². The van der Waals surface area contributed by atoms with E-state index in [1.807, 2.05) is 18.2 Å². The summed E-state index contributed by atoms with van der Waals surface area (Å²) in [5.41, 5.74) is 4.56. The Labute approximate surface area is 121 Å². The van der Waals surface area contributed by atoms with Gasteiger partial charge in [-0.05, 0) is 22.8 Å². The zero-order valence-electron chi connectivity index (χ0n) is 13.3. The van der Waals surface area contributed by atoms with Gasteiger partial charge < -0.3 is 9.47 Å². The summed E-state index contributed by atoms with van der Waals surface area (Å²) < 4.78 is 10.8.